The second kappa shape index (κ2) is 2.99. The third-order valence-corrected chi connectivity index (χ3v) is 2.99. The number of hydrogen-bond donors (Lipinski definition) is 2. The zero-order valence-corrected chi connectivity index (χ0v) is 7.82. The van der Waals surface area contributed by atoms with Gasteiger partial charge in [-0.1, -0.05) is 24.8 Å². The summed E-state index contributed by atoms with van der Waals surface area (Å²) in [6.07, 6.45) is 1.08. The average molecular weight is 180 g/mol. The Morgan fingerprint density at radius 1 is 1.58 bits per heavy atom. The summed E-state index contributed by atoms with van der Waals surface area (Å²) in [6, 6.07) is 6.47. The van der Waals surface area contributed by atoms with E-state index in [4.69, 9.17) is 5.73 Å². The van der Waals surface area contributed by atoms with Gasteiger partial charge in [0, 0.05) is 4.90 Å². The fourth-order valence-corrected chi connectivity index (χ4v) is 2.18. The highest BCUT2D eigenvalue weighted by Gasteiger charge is 2.16. The highest BCUT2D eigenvalue weighted by Crippen LogP contribution is 2.36. The van der Waals surface area contributed by atoms with Crippen molar-refractivity contribution >= 4 is 17.4 Å². The van der Waals surface area contributed by atoms with Gasteiger partial charge in [-0.25, -0.2) is 0 Å². The van der Waals surface area contributed by atoms with Gasteiger partial charge < -0.3 is 11.1 Å². The van der Waals surface area contributed by atoms with Crippen LogP contribution in [0.25, 0.3) is 0 Å². The van der Waals surface area contributed by atoms with Gasteiger partial charge in [-0.2, -0.15) is 0 Å². The molecule has 1 heterocycles. The highest BCUT2D eigenvalue weighted by molar-refractivity contribution is 8.00. The van der Waals surface area contributed by atoms with Gasteiger partial charge >= 0.3 is 0 Å². The summed E-state index contributed by atoms with van der Waals surface area (Å²) in [5, 5.41) is 3.21. The lowest BCUT2D eigenvalue weighted by molar-refractivity contribution is 1.07. The zero-order valence-electron chi connectivity index (χ0n) is 7.00. The summed E-state index contributed by atoms with van der Waals surface area (Å²) < 4.78 is 0. The molecule has 1 aromatic carbocycles. The van der Waals surface area contributed by atoms with Gasteiger partial charge in [-0.05, 0) is 24.1 Å². The van der Waals surface area contributed by atoms with Crippen LogP contribution in [0.3, 0.4) is 0 Å². The first-order valence-corrected chi connectivity index (χ1v) is 4.99. The first-order chi connectivity index (χ1) is 5.79. The average Bonchev–Trinajstić information content (AvgIpc) is 2.43. The van der Waals surface area contributed by atoms with Crippen LogP contribution in [0.4, 0.5) is 5.69 Å². The first kappa shape index (κ1) is 7.95. The molecule has 1 aliphatic rings. The molecule has 2 rings (SSSR count). The van der Waals surface area contributed by atoms with Crippen LogP contribution in [0, 0.1) is 0 Å². The van der Waals surface area contributed by atoms with Gasteiger partial charge in [0.05, 0.1) is 5.69 Å². The standard InChI is InChI=1S/C9H12N2S/c1-2-6-3-4-8-7(5-6)11-9(10)12-8/h3-5,9,11H,2,10H2,1H3. The summed E-state index contributed by atoms with van der Waals surface area (Å²) in [6.45, 7) is 2.16. The normalized spacial score (nSPS) is 20.3. The minimum absolute atomic E-state index is 0.0344. The molecule has 0 spiro atoms. The predicted octanol–water partition coefficient (Wildman–Crippen LogP) is 2.01. The number of benzene rings is 1. The number of thioether (sulfide) groups is 1. The lowest BCUT2D eigenvalue weighted by Gasteiger charge is -2.02. The Morgan fingerprint density at radius 3 is 3.17 bits per heavy atom. The zero-order chi connectivity index (χ0) is 8.55. The molecule has 0 saturated heterocycles. The van der Waals surface area contributed by atoms with Crippen molar-refractivity contribution in [3.05, 3.63) is 23.8 Å². The van der Waals surface area contributed by atoms with Crippen molar-refractivity contribution in [3.63, 3.8) is 0 Å². The first-order valence-electron chi connectivity index (χ1n) is 4.11. The minimum atomic E-state index is 0.0344. The SMILES string of the molecule is CCc1ccc2c(c1)NC(N)S2. The van der Waals surface area contributed by atoms with Gasteiger partial charge in [0.25, 0.3) is 0 Å². The maximum Gasteiger partial charge on any atom is 0.127 e. The van der Waals surface area contributed by atoms with Crippen LogP contribution in [0.1, 0.15) is 12.5 Å². The van der Waals surface area contributed by atoms with Crippen molar-refractivity contribution in [2.45, 2.75) is 23.7 Å². The Labute approximate surface area is 76.5 Å². The number of aryl methyl sites for hydroxylation is 1. The molecule has 1 unspecified atom stereocenters. The third-order valence-electron chi connectivity index (χ3n) is 2.00. The van der Waals surface area contributed by atoms with Crippen molar-refractivity contribution in [2.75, 3.05) is 5.32 Å². The molecule has 0 radical (unpaired) electrons. The molecule has 2 nitrogen and oxygen atoms in total. The molecule has 1 aliphatic heterocycles. The maximum absolute atomic E-state index is 5.73. The van der Waals surface area contributed by atoms with E-state index in [1.807, 2.05) is 0 Å². The van der Waals surface area contributed by atoms with E-state index in [9.17, 15) is 0 Å². The van der Waals surface area contributed by atoms with Crippen LogP contribution in [0.15, 0.2) is 23.1 Å². The number of fused-ring (bicyclic) bond motifs is 1. The van der Waals surface area contributed by atoms with Crippen LogP contribution < -0.4 is 11.1 Å². The second-order valence-electron chi connectivity index (χ2n) is 2.87. The minimum Gasteiger partial charge on any atom is -0.360 e. The molecule has 64 valence electrons. The van der Waals surface area contributed by atoms with Crippen molar-refractivity contribution < 1.29 is 0 Å². The summed E-state index contributed by atoms with van der Waals surface area (Å²) in [4.78, 5) is 1.26. The largest absolute Gasteiger partial charge is 0.360 e. The van der Waals surface area contributed by atoms with E-state index >= 15 is 0 Å². The van der Waals surface area contributed by atoms with Gasteiger partial charge in [0.2, 0.25) is 0 Å². The summed E-state index contributed by atoms with van der Waals surface area (Å²) in [5.74, 6) is 0. The Hall–Kier alpha value is -0.670. The fourth-order valence-electron chi connectivity index (χ4n) is 1.33. The summed E-state index contributed by atoms with van der Waals surface area (Å²) >= 11 is 1.68. The molecule has 0 amide bonds. The number of nitrogens with two attached hydrogens (primary N) is 1. The van der Waals surface area contributed by atoms with Crippen LogP contribution >= 0.6 is 11.8 Å². The van der Waals surface area contributed by atoms with E-state index in [0.29, 0.717) is 0 Å². The smallest absolute Gasteiger partial charge is 0.127 e. The number of nitrogens with one attached hydrogen (secondary N) is 1. The van der Waals surface area contributed by atoms with E-state index in [1.165, 1.54) is 16.1 Å². The molecular weight excluding hydrogens is 168 g/mol. The Morgan fingerprint density at radius 2 is 2.42 bits per heavy atom. The van der Waals surface area contributed by atoms with Crippen LogP contribution in [-0.2, 0) is 6.42 Å². The van der Waals surface area contributed by atoms with E-state index in [1.54, 1.807) is 11.8 Å². The van der Waals surface area contributed by atoms with Gasteiger partial charge in [-0.3, -0.25) is 0 Å². The molecule has 0 aliphatic carbocycles. The monoisotopic (exact) mass is 180 g/mol. The van der Waals surface area contributed by atoms with Crippen LogP contribution in [-0.4, -0.2) is 5.50 Å². The predicted molar refractivity (Wildman–Crippen MR) is 53.3 cm³/mol. The molecule has 3 N–H and O–H groups in total. The fraction of sp³-hybridized carbons (Fsp3) is 0.333. The molecule has 1 aromatic rings. The lowest BCUT2D eigenvalue weighted by atomic mass is 10.1. The second-order valence-corrected chi connectivity index (χ2v) is 4.05. The molecule has 0 fully saturated rings. The quantitative estimate of drug-likeness (QED) is 0.694. The molecule has 0 bridgehead atoms. The number of rotatable bonds is 1. The van der Waals surface area contributed by atoms with Crippen molar-refractivity contribution in [2.24, 2.45) is 5.73 Å². The topological polar surface area (TPSA) is 38.0 Å². The highest BCUT2D eigenvalue weighted by atomic mass is 32.2. The van der Waals surface area contributed by atoms with Crippen molar-refractivity contribution in [1.29, 1.82) is 0 Å². The Bertz CT molecular complexity index is 299. The van der Waals surface area contributed by atoms with E-state index in [-0.39, 0.29) is 5.50 Å². The van der Waals surface area contributed by atoms with Crippen molar-refractivity contribution in [1.82, 2.24) is 0 Å². The lowest BCUT2D eigenvalue weighted by Crippen LogP contribution is -2.20. The summed E-state index contributed by atoms with van der Waals surface area (Å²) in [7, 11) is 0. The number of hydrogen-bond acceptors (Lipinski definition) is 3. The molecule has 0 aromatic heterocycles. The molecule has 3 heteroatoms. The Balaban J connectivity index is 2.35. The van der Waals surface area contributed by atoms with E-state index in [2.05, 4.69) is 30.4 Å². The third kappa shape index (κ3) is 1.30. The van der Waals surface area contributed by atoms with Gasteiger partial charge in [0.15, 0.2) is 0 Å². The Kier molecular flexibility index (Phi) is 1.98. The van der Waals surface area contributed by atoms with Crippen LogP contribution in [0.2, 0.25) is 0 Å². The van der Waals surface area contributed by atoms with E-state index < -0.39 is 0 Å². The van der Waals surface area contributed by atoms with Crippen LogP contribution in [0.5, 0.6) is 0 Å². The van der Waals surface area contributed by atoms with Gasteiger partial charge in [0.1, 0.15) is 5.50 Å². The number of anilines is 1. The van der Waals surface area contributed by atoms with Gasteiger partial charge in [-0.15, -0.1) is 0 Å². The molecule has 0 saturated carbocycles. The molecule has 1 atom stereocenters. The van der Waals surface area contributed by atoms with E-state index in [0.717, 1.165) is 6.42 Å². The molecular formula is C9H12N2S. The maximum atomic E-state index is 5.73. The summed E-state index contributed by atoms with van der Waals surface area (Å²) in [5.41, 5.74) is 8.31. The molecule has 12 heavy (non-hydrogen) atoms. The van der Waals surface area contributed by atoms with Crippen molar-refractivity contribution in [3.8, 4) is 0 Å².